The molecule has 0 spiro atoms. The fourth-order valence-corrected chi connectivity index (χ4v) is 0.975. The summed E-state index contributed by atoms with van der Waals surface area (Å²) in [6, 6.07) is 3.36. The Morgan fingerprint density at radius 2 is 2.09 bits per heavy atom. The van der Waals surface area contributed by atoms with E-state index in [0.717, 1.165) is 5.56 Å². The average Bonchev–Trinajstić information content (AvgIpc) is 1.99. The first kappa shape index (κ1) is 8.27. The Labute approximate surface area is 71.2 Å². The van der Waals surface area contributed by atoms with Crippen LogP contribution in [0.3, 0.4) is 0 Å². The van der Waals surface area contributed by atoms with Crippen LogP contribution in [0.5, 0.6) is 11.5 Å². The zero-order chi connectivity index (χ0) is 8.43. The van der Waals surface area contributed by atoms with Gasteiger partial charge >= 0.3 is 0 Å². The van der Waals surface area contributed by atoms with E-state index in [1.165, 1.54) is 6.07 Å². The van der Waals surface area contributed by atoms with Gasteiger partial charge in [0.05, 0.1) is 7.11 Å². The number of phenolic OH excluding ortho intramolecular Hbond substituents is 1. The lowest BCUT2D eigenvalue weighted by Gasteiger charge is -2.05. The Bertz CT molecular complexity index is 248. The summed E-state index contributed by atoms with van der Waals surface area (Å²) in [5, 5.41) is 9.26. The average molecular weight is 170 g/mol. The number of benzene rings is 1. The normalized spacial score (nSPS) is 9.73. The molecule has 0 saturated heterocycles. The quantitative estimate of drug-likeness (QED) is 0.631. The zero-order valence-electron chi connectivity index (χ0n) is 6.46. The van der Waals surface area contributed by atoms with Gasteiger partial charge in [-0.25, -0.2) is 0 Å². The van der Waals surface area contributed by atoms with Crippen molar-refractivity contribution in [2.45, 2.75) is 11.8 Å². The molecule has 1 aromatic rings. The van der Waals surface area contributed by atoms with Crippen molar-refractivity contribution in [1.29, 1.82) is 0 Å². The third kappa shape index (κ3) is 1.60. The van der Waals surface area contributed by atoms with E-state index in [-0.39, 0.29) is 5.75 Å². The molecule has 0 bridgehead atoms. The second-order valence-corrected chi connectivity index (χ2v) is 2.76. The second-order valence-electron chi connectivity index (χ2n) is 2.31. The predicted octanol–water partition coefficient (Wildman–Crippen LogP) is 2.00. The van der Waals surface area contributed by atoms with Crippen LogP contribution in [-0.4, -0.2) is 12.2 Å². The first-order valence-corrected chi connectivity index (χ1v) is 3.66. The Morgan fingerprint density at radius 3 is 2.55 bits per heavy atom. The summed E-state index contributed by atoms with van der Waals surface area (Å²) in [6.45, 7) is 1.87. The van der Waals surface area contributed by atoms with Crippen molar-refractivity contribution in [3.8, 4) is 11.5 Å². The summed E-state index contributed by atoms with van der Waals surface area (Å²) in [6.07, 6.45) is 0. The summed E-state index contributed by atoms with van der Waals surface area (Å²) in [7, 11) is 1.56. The number of aromatic hydroxyl groups is 1. The van der Waals surface area contributed by atoms with E-state index in [4.69, 9.17) is 4.74 Å². The van der Waals surface area contributed by atoms with E-state index < -0.39 is 0 Å². The number of aryl methyl sites for hydroxylation is 1. The van der Waals surface area contributed by atoms with Crippen LogP contribution in [-0.2, 0) is 0 Å². The van der Waals surface area contributed by atoms with E-state index in [2.05, 4.69) is 12.6 Å². The van der Waals surface area contributed by atoms with Crippen LogP contribution < -0.4 is 4.74 Å². The molecule has 0 amide bonds. The molecule has 2 nitrogen and oxygen atoms in total. The summed E-state index contributed by atoms with van der Waals surface area (Å²) in [5.74, 6) is 0.808. The van der Waals surface area contributed by atoms with Crippen LogP contribution in [0.25, 0.3) is 0 Å². The van der Waals surface area contributed by atoms with Crippen LogP contribution in [0.15, 0.2) is 17.0 Å². The molecular weight excluding hydrogens is 160 g/mol. The summed E-state index contributed by atoms with van der Waals surface area (Å²) in [5.41, 5.74) is 0.908. The van der Waals surface area contributed by atoms with E-state index in [1.54, 1.807) is 7.11 Å². The van der Waals surface area contributed by atoms with Crippen molar-refractivity contribution in [3.63, 3.8) is 0 Å². The third-order valence-electron chi connectivity index (χ3n) is 1.49. The Kier molecular flexibility index (Phi) is 2.29. The maximum atomic E-state index is 9.26. The van der Waals surface area contributed by atoms with E-state index in [0.29, 0.717) is 10.6 Å². The van der Waals surface area contributed by atoms with Gasteiger partial charge in [-0.2, -0.15) is 0 Å². The maximum Gasteiger partial charge on any atom is 0.132 e. The van der Waals surface area contributed by atoms with Gasteiger partial charge < -0.3 is 9.84 Å². The van der Waals surface area contributed by atoms with Gasteiger partial charge in [0, 0.05) is 11.0 Å². The number of methoxy groups -OCH3 is 1. The van der Waals surface area contributed by atoms with Gasteiger partial charge in [-0.15, -0.1) is 12.6 Å². The summed E-state index contributed by atoms with van der Waals surface area (Å²) in [4.78, 5) is 0.603. The minimum absolute atomic E-state index is 0.158. The molecule has 1 rings (SSSR count). The molecule has 0 saturated carbocycles. The number of ether oxygens (including phenoxy) is 1. The van der Waals surface area contributed by atoms with Crippen LogP contribution >= 0.6 is 12.6 Å². The predicted molar refractivity (Wildman–Crippen MR) is 46.6 cm³/mol. The van der Waals surface area contributed by atoms with Crippen molar-refractivity contribution in [2.75, 3.05) is 7.11 Å². The topological polar surface area (TPSA) is 29.5 Å². The largest absolute Gasteiger partial charge is 0.507 e. The number of rotatable bonds is 1. The van der Waals surface area contributed by atoms with Gasteiger partial charge in [0.25, 0.3) is 0 Å². The van der Waals surface area contributed by atoms with Crippen LogP contribution in [0.1, 0.15) is 5.56 Å². The molecule has 1 N–H and O–H groups in total. The Hall–Kier alpha value is -0.830. The van der Waals surface area contributed by atoms with Gasteiger partial charge in [-0.3, -0.25) is 0 Å². The van der Waals surface area contributed by atoms with Crippen LogP contribution in [0, 0.1) is 6.92 Å². The lowest BCUT2D eigenvalue weighted by atomic mass is 10.2. The second kappa shape index (κ2) is 3.05. The van der Waals surface area contributed by atoms with Crippen molar-refractivity contribution in [3.05, 3.63) is 17.7 Å². The molecule has 60 valence electrons. The summed E-state index contributed by atoms with van der Waals surface area (Å²) >= 11 is 4.09. The first-order chi connectivity index (χ1) is 5.15. The lowest BCUT2D eigenvalue weighted by molar-refractivity contribution is 0.404. The Balaban J connectivity index is 3.21. The summed E-state index contributed by atoms with van der Waals surface area (Å²) < 4.78 is 4.94. The fraction of sp³-hybridized carbons (Fsp3) is 0.250. The van der Waals surface area contributed by atoms with Gasteiger partial charge in [-0.1, -0.05) is 0 Å². The molecule has 0 aliphatic rings. The SMILES string of the molecule is COc1cc(C)c(S)c(O)c1. The molecule has 0 radical (unpaired) electrons. The van der Waals surface area contributed by atoms with Crippen molar-refractivity contribution < 1.29 is 9.84 Å². The van der Waals surface area contributed by atoms with E-state index in [9.17, 15) is 5.11 Å². The molecule has 11 heavy (non-hydrogen) atoms. The van der Waals surface area contributed by atoms with Crippen LogP contribution in [0.2, 0.25) is 0 Å². The van der Waals surface area contributed by atoms with Crippen molar-refractivity contribution in [1.82, 2.24) is 0 Å². The highest BCUT2D eigenvalue weighted by atomic mass is 32.1. The van der Waals surface area contributed by atoms with Gasteiger partial charge in [0.2, 0.25) is 0 Å². The number of phenols is 1. The number of thiol groups is 1. The maximum absolute atomic E-state index is 9.26. The highest BCUT2D eigenvalue weighted by Gasteiger charge is 2.02. The van der Waals surface area contributed by atoms with E-state index in [1.807, 2.05) is 13.0 Å². The highest BCUT2D eigenvalue weighted by Crippen LogP contribution is 2.29. The van der Waals surface area contributed by atoms with Gasteiger partial charge in [-0.05, 0) is 18.6 Å². The molecule has 0 heterocycles. The highest BCUT2D eigenvalue weighted by molar-refractivity contribution is 7.80. The van der Waals surface area contributed by atoms with E-state index >= 15 is 0 Å². The van der Waals surface area contributed by atoms with Crippen molar-refractivity contribution in [2.24, 2.45) is 0 Å². The van der Waals surface area contributed by atoms with Gasteiger partial charge in [0.15, 0.2) is 0 Å². The third-order valence-corrected chi connectivity index (χ3v) is 2.07. The minimum atomic E-state index is 0.158. The molecule has 0 unspecified atom stereocenters. The first-order valence-electron chi connectivity index (χ1n) is 3.21. The molecule has 0 atom stereocenters. The lowest BCUT2D eigenvalue weighted by Crippen LogP contribution is -1.84. The van der Waals surface area contributed by atoms with Gasteiger partial charge in [0.1, 0.15) is 11.5 Å². The molecule has 0 fully saturated rings. The monoisotopic (exact) mass is 170 g/mol. The number of hydrogen-bond acceptors (Lipinski definition) is 3. The Morgan fingerprint density at radius 1 is 1.45 bits per heavy atom. The molecular formula is C8H10O2S. The molecule has 1 aromatic carbocycles. The van der Waals surface area contributed by atoms with Crippen LogP contribution in [0.4, 0.5) is 0 Å². The fourth-order valence-electron chi connectivity index (χ4n) is 0.846. The van der Waals surface area contributed by atoms with Crippen molar-refractivity contribution >= 4 is 12.6 Å². The molecule has 3 heteroatoms. The smallest absolute Gasteiger partial charge is 0.132 e. The molecule has 0 aromatic heterocycles. The minimum Gasteiger partial charge on any atom is -0.507 e. The standard InChI is InChI=1S/C8H10O2S/c1-5-3-6(10-2)4-7(9)8(5)11/h3-4,9,11H,1-2H3. The molecule has 0 aliphatic heterocycles. The number of hydrogen-bond donors (Lipinski definition) is 2. The zero-order valence-corrected chi connectivity index (χ0v) is 7.35. The molecule has 0 aliphatic carbocycles.